The van der Waals surface area contributed by atoms with Crippen molar-refractivity contribution in [2.75, 3.05) is 32.6 Å². The molecule has 1 N–H and O–H groups in total. The monoisotopic (exact) mass is 511 g/mol. The fourth-order valence-corrected chi connectivity index (χ4v) is 3.80. The predicted octanol–water partition coefficient (Wildman–Crippen LogP) is 5.67. The van der Waals surface area contributed by atoms with E-state index in [-0.39, 0.29) is 0 Å². The molecule has 0 bridgehead atoms. The highest BCUT2D eigenvalue weighted by Crippen LogP contribution is 2.28. The topological polar surface area (TPSA) is 71.8 Å². The van der Waals surface area contributed by atoms with E-state index in [1.54, 1.807) is 30.6 Å². The van der Waals surface area contributed by atoms with E-state index < -0.39 is 24.9 Å². The second-order valence-corrected chi connectivity index (χ2v) is 8.92. The van der Waals surface area contributed by atoms with Gasteiger partial charge in [-0.15, -0.1) is 0 Å². The first-order chi connectivity index (χ1) is 17.7. The second kappa shape index (κ2) is 11.4. The smallest absolute Gasteiger partial charge is 0.389 e. The number of carbonyl (C=O) groups excluding carboxylic acids is 1. The van der Waals surface area contributed by atoms with E-state index in [0.29, 0.717) is 18.2 Å². The number of rotatable bonds is 10. The van der Waals surface area contributed by atoms with Crippen molar-refractivity contribution in [3.05, 3.63) is 67.1 Å². The minimum atomic E-state index is -4.37. The quantitative estimate of drug-likeness (QED) is 0.278. The number of nitrogens with zero attached hydrogens (tertiary/aromatic N) is 4. The van der Waals surface area contributed by atoms with Gasteiger partial charge in [0.15, 0.2) is 0 Å². The zero-order valence-electron chi connectivity index (χ0n) is 20.6. The lowest BCUT2D eigenvalue weighted by atomic mass is 10.1. The molecule has 0 unspecified atom stereocenters. The number of ether oxygens (including phenoxy) is 1. The van der Waals surface area contributed by atoms with Crippen LogP contribution in [0.25, 0.3) is 28.0 Å². The molecule has 0 aliphatic heterocycles. The van der Waals surface area contributed by atoms with Crippen LogP contribution < -0.4 is 10.1 Å². The first kappa shape index (κ1) is 26.2. The zero-order valence-corrected chi connectivity index (χ0v) is 20.6. The Bertz CT molecular complexity index is 1350. The van der Waals surface area contributed by atoms with Gasteiger partial charge in [-0.05, 0) is 56.4 Å². The van der Waals surface area contributed by atoms with E-state index in [0.717, 1.165) is 41.0 Å². The van der Waals surface area contributed by atoms with Crippen molar-refractivity contribution in [1.29, 1.82) is 0 Å². The van der Waals surface area contributed by atoms with Gasteiger partial charge in [0, 0.05) is 48.2 Å². The van der Waals surface area contributed by atoms with E-state index in [1.807, 2.05) is 55.0 Å². The van der Waals surface area contributed by atoms with Crippen LogP contribution in [-0.4, -0.2) is 58.6 Å². The third-order valence-corrected chi connectivity index (χ3v) is 5.66. The number of aromatic nitrogens is 3. The summed E-state index contributed by atoms with van der Waals surface area (Å²) in [5.41, 5.74) is 4.57. The molecule has 3 aromatic heterocycles. The van der Waals surface area contributed by atoms with Gasteiger partial charge >= 0.3 is 6.18 Å². The van der Waals surface area contributed by atoms with Gasteiger partial charge in [-0.2, -0.15) is 13.2 Å². The van der Waals surface area contributed by atoms with Crippen molar-refractivity contribution >= 4 is 17.2 Å². The molecule has 0 aliphatic carbocycles. The van der Waals surface area contributed by atoms with Crippen LogP contribution in [0.2, 0.25) is 0 Å². The molecular formula is C27H28F3N5O2. The molecule has 4 rings (SSSR count). The van der Waals surface area contributed by atoms with Crippen molar-refractivity contribution < 1.29 is 22.7 Å². The lowest BCUT2D eigenvalue weighted by Crippen LogP contribution is -2.16. The standard InChI is InChI=1S/C27H28F3N5O2/c1-34(2)12-4-14-37-26-8-7-21(17-32-26)19-10-13-35-23(18-31-24(35)16-19)20-5-3-6-22(15-20)33-25(36)9-11-27(28,29)30/h3,5-8,10,13,15-18H,4,9,11-12,14H2,1-2H3,(H,33,36). The second-order valence-electron chi connectivity index (χ2n) is 8.92. The average molecular weight is 512 g/mol. The third-order valence-electron chi connectivity index (χ3n) is 5.66. The number of fused-ring (bicyclic) bond motifs is 1. The minimum Gasteiger partial charge on any atom is -0.478 e. The summed E-state index contributed by atoms with van der Waals surface area (Å²) in [7, 11) is 4.05. The van der Waals surface area contributed by atoms with Gasteiger partial charge in [0.1, 0.15) is 5.65 Å². The first-order valence-corrected chi connectivity index (χ1v) is 11.9. The van der Waals surface area contributed by atoms with E-state index in [4.69, 9.17) is 4.74 Å². The summed E-state index contributed by atoms with van der Waals surface area (Å²) in [5.74, 6) is -0.104. The molecule has 0 saturated heterocycles. The molecule has 194 valence electrons. The molecule has 0 aliphatic rings. The molecule has 1 amide bonds. The van der Waals surface area contributed by atoms with E-state index >= 15 is 0 Å². The average Bonchev–Trinajstić information content (AvgIpc) is 3.29. The van der Waals surface area contributed by atoms with Gasteiger partial charge in [-0.25, -0.2) is 9.97 Å². The SMILES string of the molecule is CN(C)CCCOc1ccc(-c2ccn3c(-c4cccc(NC(=O)CCC(F)(F)F)c4)cnc3c2)cn1. The maximum absolute atomic E-state index is 12.4. The third kappa shape index (κ3) is 7.29. The highest BCUT2D eigenvalue weighted by atomic mass is 19.4. The summed E-state index contributed by atoms with van der Waals surface area (Å²) in [6.45, 7) is 1.55. The van der Waals surface area contributed by atoms with Crippen molar-refractivity contribution in [3.63, 3.8) is 0 Å². The number of hydrogen-bond donors (Lipinski definition) is 1. The first-order valence-electron chi connectivity index (χ1n) is 11.9. The van der Waals surface area contributed by atoms with Crippen LogP contribution in [-0.2, 0) is 4.79 Å². The summed E-state index contributed by atoms with van der Waals surface area (Å²) in [6.07, 6.45) is 0.150. The van der Waals surface area contributed by atoms with Crippen LogP contribution in [0.1, 0.15) is 19.3 Å². The van der Waals surface area contributed by atoms with Gasteiger partial charge in [-0.3, -0.25) is 9.20 Å². The Balaban J connectivity index is 1.45. The lowest BCUT2D eigenvalue weighted by molar-refractivity contribution is -0.142. The molecule has 0 saturated carbocycles. The number of carbonyl (C=O) groups is 1. The van der Waals surface area contributed by atoms with Crippen molar-refractivity contribution in [1.82, 2.24) is 19.3 Å². The number of amides is 1. The van der Waals surface area contributed by atoms with E-state index in [2.05, 4.69) is 20.2 Å². The van der Waals surface area contributed by atoms with Gasteiger partial charge < -0.3 is 15.0 Å². The molecule has 4 aromatic rings. The van der Waals surface area contributed by atoms with Crippen LogP contribution in [0.15, 0.2) is 67.1 Å². The molecule has 10 heteroatoms. The van der Waals surface area contributed by atoms with Crippen LogP contribution in [0.5, 0.6) is 5.88 Å². The van der Waals surface area contributed by atoms with Gasteiger partial charge in [0.2, 0.25) is 11.8 Å². The lowest BCUT2D eigenvalue weighted by Gasteiger charge is -2.10. The summed E-state index contributed by atoms with van der Waals surface area (Å²) in [5, 5.41) is 2.53. The summed E-state index contributed by atoms with van der Waals surface area (Å²) < 4.78 is 44.8. The van der Waals surface area contributed by atoms with Crippen LogP contribution in [0, 0.1) is 0 Å². The van der Waals surface area contributed by atoms with Crippen molar-refractivity contribution in [2.24, 2.45) is 0 Å². The molecule has 1 aromatic carbocycles. The Morgan fingerprint density at radius 1 is 1.03 bits per heavy atom. The molecule has 0 radical (unpaired) electrons. The molecule has 3 heterocycles. The fourth-order valence-electron chi connectivity index (χ4n) is 3.80. The van der Waals surface area contributed by atoms with Gasteiger partial charge in [-0.1, -0.05) is 12.1 Å². The van der Waals surface area contributed by atoms with Crippen LogP contribution >= 0.6 is 0 Å². The fraction of sp³-hybridized carbons (Fsp3) is 0.296. The largest absolute Gasteiger partial charge is 0.478 e. The summed E-state index contributed by atoms with van der Waals surface area (Å²) in [6, 6.07) is 14.6. The molecule has 7 nitrogen and oxygen atoms in total. The van der Waals surface area contributed by atoms with E-state index in [9.17, 15) is 18.0 Å². The number of pyridine rings is 2. The molecule has 0 fully saturated rings. The molecule has 0 spiro atoms. The zero-order chi connectivity index (χ0) is 26.4. The molecular weight excluding hydrogens is 483 g/mol. The summed E-state index contributed by atoms with van der Waals surface area (Å²) >= 11 is 0. The number of benzene rings is 1. The van der Waals surface area contributed by atoms with Crippen LogP contribution in [0.3, 0.4) is 0 Å². The van der Waals surface area contributed by atoms with Gasteiger partial charge in [0.25, 0.3) is 0 Å². The number of imidazole rings is 1. The molecule has 37 heavy (non-hydrogen) atoms. The Labute approximate surface area is 212 Å². The Hall–Kier alpha value is -3.92. The summed E-state index contributed by atoms with van der Waals surface area (Å²) in [4.78, 5) is 22.9. The highest BCUT2D eigenvalue weighted by Gasteiger charge is 2.27. The Kier molecular flexibility index (Phi) is 8.08. The van der Waals surface area contributed by atoms with Crippen molar-refractivity contribution in [2.45, 2.75) is 25.4 Å². The number of alkyl halides is 3. The minimum absolute atomic E-state index is 0.423. The Morgan fingerprint density at radius 2 is 1.86 bits per heavy atom. The van der Waals surface area contributed by atoms with Crippen LogP contribution in [0.4, 0.5) is 18.9 Å². The predicted molar refractivity (Wildman–Crippen MR) is 136 cm³/mol. The number of hydrogen-bond acceptors (Lipinski definition) is 5. The normalized spacial score (nSPS) is 11.7. The van der Waals surface area contributed by atoms with Gasteiger partial charge in [0.05, 0.1) is 24.9 Å². The molecule has 0 atom stereocenters. The number of anilines is 1. The van der Waals surface area contributed by atoms with E-state index in [1.165, 1.54) is 0 Å². The Morgan fingerprint density at radius 3 is 2.59 bits per heavy atom. The highest BCUT2D eigenvalue weighted by molar-refractivity contribution is 5.91. The number of halogens is 3. The number of nitrogens with one attached hydrogen (secondary N) is 1. The van der Waals surface area contributed by atoms with Crippen molar-refractivity contribution in [3.8, 4) is 28.3 Å². The maximum Gasteiger partial charge on any atom is 0.389 e. The maximum atomic E-state index is 12.4.